The number of pyridine rings is 1. The molecule has 4 rings (SSSR count). The number of nitrogens with two attached hydrogens (primary N) is 2. The van der Waals surface area contributed by atoms with Crippen LogP contribution in [0.2, 0.25) is 0 Å². The van der Waals surface area contributed by atoms with Gasteiger partial charge in [-0.1, -0.05) is 6.07 Å². The third-order valence-electron chi connectivity index (χ3n) is 5.23. The molecule has 2 fully saturated rings. The van der Waals surface area contributed by atoms with E-state index in [1.807, 2.05) is 12.3 Å². The van der Waals surface area contributed by atoms with Crippen molar-refractivity contribution < 1.29 is 0 Å². The largest absolute Gasteiger partial charge is 0.368 e. The Kier molecular flexibility index (Phi) is 4.17. The Morgan fingerprint density at radius 3 is 2.48 bits per heavy atom. The second-order valence-electron chi connectivity index (χ2n) is 7.06. The molecule has 1 saturated carbocycles. The Morgan fingerprint density at radius 1 is 1.08 bits per heavy atom. The van der Waals surface area contributed by atoms with E-state index in [2.05, 4.69) is 43.8 Å². The van der Waals surface area contributed by atoms with E-state index in [1.165, 1.54) is 5.56 Å². The van der Waals surface area contributed by atoms with E-state index in [0.717, 1.165) is 56.4 Å². The van der Waals surface area contributed by atoms with Crippen LogP contribution in [-0.2, 0) is 0 Å². The van der Waals surface area contributed by atoms with E-state index in [-0.39, 0.29) is 0 Å². The van der Waals surface area contributed by atoms with Crippen LogP contribution in [-0.4, -0.2) is 47.2 Å². The fourth-order valence-electron chi connectivity index (χ4n) is 3.70. The van der Waals surface area contributed by atoms with Crippen LogP contribution in [0.1, 0.15) is 30.0 Å². The summed E-state index contributed by atoms with van der Waals surface area (Å²) in [7, 11) is 0. The monoisotopic (exact) mass is 339 g/mol. The first-order valence-corrected chi connectivity index (χ1v) is 8.91. The first-order valence-electron chi connectivity index (χ1n) is 8.91. The maximum absolute atomic E-state index is 5.95. The molecule has 4 N–H and O–H groups in total. The quantitative estimate of drug-likeness (QED) is 0.869. The summed E-state index contributed by atoms with van der Waals surface area (Å²) in [6, 6.07) is 6.48. The molecule has 0 bridgehead atoms. The molecule has 0 radical (unpaired) electrons. The average molecular weight is 339 g/mol. The summed E-state index contributed by atoms with van der Waals surface area (Å²) < 4.78 is 0. The summed E-state index contributed by atoms with van der Waals surface area (Å²) in [5.41, 5.74) is 14.1. The predicted molar refractivity (Wildman–Crippen MR) is 99.8 cm³/mol. The summed E-state index contributed by atoms with van der Waals surface area (Å²) in [5.74, 6) is 2.79. The Bertz CT molecular complexity index is 749. The SMILES string of the molecule is Cc1cccnc1N1CCN(c2cc(C3CC(N)C3)nc(N)n2)CC1. The van der Waals surface area contributed by atoms with Crippen molar-refractivity contribution in [3.63, 3.8) is 0 Å². The molecule has 1 aliphatic carbocycles. The Balaban J connectivity index is 1.46. The number of aryl methyl sites for hydroxylation is 1. The summed E-state index contributed by atoms with van der Waals surface area (Å²) in [4.78, 5) is 18.0. The van der Waals surface area contributed by atoms with Crippen molar-refractivity contribution in [2.24, 2.45) is 5.73 Å². The minimum Gasteiger partial charge on any atom is -0.368 e. The van der Waals surface area contributed by atoms with Crippen LogP contribution in [0.5, 0.6) is 0 Å². The lowest BCUT2D eigenvalue weighted by molar-refractivity contribution is 0.345. The normalized spacial score (nSPS) is 23.4. The maximum atomic E-state index is 5.95. The van der Waals surface area contributed by atoms with Crippen LogP contribution >= 0.6 is 0 Å². The third-order valence-corrected chi connectivity index (χ3v) is 5.23. The van der Waals surface area contributed by atoms with Crippen LogP contribution in [0.25, 0.3) is 0 Å². The molecule has 3 heterocycles. The Hall–Kier alpha value is -2.41. The molecule has 132 valence electrons. The highest BCUT2D eigenvalue weighted by Gasteiger charge is 2.30. The van der Waals surface area contributed by atoms with Gasteiger partial charge in [-0.05, 0) is 31.4 Å². The van der Waals surface area contributed by atoms with E-state index in [0.29, 0.717) is 17.9 Å². The van der Waals surface area contributed by atoms with Crippen molar-refractivity contribution in [3.05, 3.63) is 35.7 Å². The van der Waals surface area contributed by atoms with Crippen LogP contribution in [0.4, 0.5) is 17.6 Å². The van der Waals surface area contributed by atoms with E-state index in [1.54, 1.807) is 0 Å². The fraction of sp³-hybridized carbons (Fsp3) is 0.500. The van der Waals surface area contributed by atoms with Crippen molar-refractivity contribution in [2.75, 3.05) is 41.7 Å². The third kappa shape index (κ3) is 3.24. The molecular formula is C18H25N7. The van der Waals surface area contributed by atoms with Gasteiger partial charge in [0.1, 0.15) is 11.6 Å². The molecule has 7 heteroatoms. The number of hydrogen-bond donors (Lipinski definition) is 2. The van der Waals surface area contributed by atoms with Gasteiger partial charge in [0.05, 0.1) is 5.69 Å². The molecule has 2 aliphatic rings. The van der Waals surface area contributed by atoms with E-state index in [4.69, 9.17) is 11.5 Å². The van der Waals surface area contributed by atoms with Crippen molar-refractivity contribution in [1.82, 2.24) is 15.0 Å². The molecular weight excluding hydrogens is 314 g/mol. The van der Waals surface area contributed by atoms with Gasteiger partial charge in [-0.25, -0.2) is 9.97 Å². The lowest BCUT2D eigenvalue weighted by Gasteiger charge is -2.37. The lowest BCUT2D eigenvalue weighted by Crippen LogP contribution is -2.47. The van der Waals surface area contributed by atoms with Crippen LogP contribution in [0.3, 0.4) is 0 Å². The smallest absolute Gasteiger partial charge is 0.222 e. The van der Waals surface area contributed by atoms with Gasteiger partial charge in [0.2, 0.25) is 5.95 Å². The summed E-state index contributed by atoms with van der Waals surface area (Å²) in [6.45, 7) is 5.75. The molecule has 0 atom stereocenters. The molecule has 2 aromatic heterocycles. The summed E-state index contributed by atoms with van der Waals surface area (Å²) >= 11 is 0. The molecule has 25 heavy (non-hydrogen) atoms. The van der Waals surface area contributed by atoms with E-state index >= 15 is 0 Å². The van der Waals surface area contributed by atoms with Crippen LogP contribution in [0, 0.1) is 6.92 Å². The molecule has 0 unspecified atom stereocenters. The van der Waals surface area contributed by atoms with Gasteiger partial charge >= 0.3 is 0 Å². The average Bonchev–Trinajstić information content (AvgIpc) is 2.59. The molecule has 1 aliphatic heterocycles. The highest BCUT2D eigenvalue weighted by molar-refractivity contribution is 5.50. The molecule has 1 saturated heterocycles. The first kappa shape index (κ1) is 16.1. The zero-order valence-corrected chi connectivity index (χ0v) is 14.6. The van der Waals surface area contributed by atoms with Crippen LogP contribution < -0.4 is 21.3 Å². The minimum absolute atomic E-state index is 0.301. The molecule has 2 aromatic rings. The number of nitrogens with zero attached hydrogens (tertiary/aromatic N) is 5. The van der Waals surface area contributed by atoms with Gasteiger partial charge in [-0.15, -0.1) is 0 Å². The zero-order chi connectivity index (χ0) is 17.4. The zero-order valence-electron chi connectivity index (χ0n) is 14.6. The number of hydrogen-bond acceptors (Lipinski definition) is 7. The highest BCUT2D eigenvalue weighted by Crippen LogP contribution is 2.36. The van der Waals surface area contributed by atoms with E-state index in [9.17, 15) is 0 Å². The van der Waals surface area contributed by atoms with Gasteiger partial charge in [0, 0.05) is 50.4 Å². The molecule has 0 amide bonds. The minimum atomic E-state index is 0.301. The summed E-state index contributed by atoms with van der Waals surface area (Å²) in [6.07, 6.45) is 3.83. The summed E-state index contributed by atoms with van der Waals surface area (Å²) in [5, 5.41) is 0. The van der Waals surface area contributed by atoms with Gasteiger partial charge in [0.15, 0.2) is 0 Å². The Morgan fingerprint density at radius 2 is 1.80 bits per heavy atom. The second-order valence-corrected chi connectivity index (χ2v) is 7.06. The second kappa shape index (κ2) is 6.48. The standard InChI is InChI=1S/C18H25N7/c1-12-3-2-4-21-17(12)25-7-5-24(6-8-25)16-11-15(22-18(20)23-16)13-9-14(19)10-13/h2-4,11,13-14H,5-10,19H2,1H3,(H2,20,22,23). The highest BCUT2D eigenvalue weighted by atomic mass is 15.3. The number of anilines is 3. The number of rotatable bonds is 3. The van der Waals surface area contributed by atoms with Gasteiger partial charge in [-0.3, -0.25) is 0 Å². The molecule has 0 spiro atoms. The van der Waals surface area contributed by atoms with Crippen LogP contribution in [0.15, 0.2) is 24.4 Å². The number of piperazine rings is 1. The number of aromatic nitrogens is 3. The molecule has 7 nitrogen and oxygen atoms in total. The predicted octanol–water partition coefficient (Wildman–Crippen LogP) is 1.29. The van der Waals surface area contributed by atoms with Crippen molar-refractivity contribution in [3.8, 4) is 0 Å². The fourth-order valence-corrected chi connectivity index (χ4v) is 3.70. The topological polar surface area (TPSA) is 97.2 Å². The van der Waals surface area contributed by atoms with Crippen molar-refractivity contribution in [2.45, 2.75) is 31.7 Å². The number of nitrogen functional groups attached to an aromatic ring is 1. The maximum Gasteiger partial charge on any atom is 0.222 e. The van der Waals surface area contributed by atoms with Crippen molar-refractivity contribution in [1.29, 1.82) is 0 Å². The first-order chi connectivity index (χ1) is 12.1. The van der Waals surface area contributed by atoms with Gasteiger partial charge < -0.3 is 21.3 Å². The lowest BCUT2D eigenvalue weighted by atomic mass is 9.78. The van der Waals surface area contributed by atoms with Gasteiger partial charge in [0.25, 0.3) is 0 Å². The van der Waals surface area contributed by atoms with Gasteiger partial charge in [-0.2, -0.15) is 4.98 Å². The van der Waals surface area contributed by atoms with Crippen molar-refractivity contribution >= 4 is 17.6 Å². The Labute approximate surface area is 148 Å². The molecule has 0 aromatic carbocycles. The van der Waals surface area contributed by atoms with E-state index < -0.39 is 0 Å².